The van der Waals surface area contributed by atoms with Gasteiger partial charge in [-0.3, -0.25) is 4.99 Å². The Kier molecular flexibility index (Phi) is 11.3. The molecule has 1 aliphatic carbocycles. The summed E-state index contributed by atoms with van der Waals surface area (Å²) in [6, 6.07) is 0. The van der Waals surface area contributed by atoms with Crippen LogP contribution in [0.25, 0.3) is 0 Å². The lowest BCUT2D eigenvalue weighted by molar-refractivity contribution is 0.105. The molecule has 0 spiro atoms. The molecule has 2 rings (SSSR count). The molecule has 1 saturated carbocycles. The number of hydrogen-bond donors (Lipinski definition) is 2. The van der Waals surface area contributed by atoms with Crippen molar-refractivity contribution in [2.24, 2.45) is 10.4 Å². The molecule has 27 heavy (non-hydrogen) atoms. The van der Waals surface area contributed by atoms with E-state index < -0.39 is 0 Å². The Morgan fingerprint density at radius 2 is 1.93 bits per heavy atom. The molecule has 0 aliphatic heterocycles. The van der Waals surface area contributed by atoms with Crippen LogP contribution in [-0.4, -0.2) is 37.9 Å². The van der Waals surface area contributed by atoms with E-state index in [2.05, 4.69) is 41.6 Å². The quantitative estimate of drug-likeness (QED) is 0.223. The minimum absolute atomic E-state index is 0. The third kappa shape index (κ3) is 6.93. The Morgan fingerprint density at radius 3 is 2.52 bits per heavy atom. The van der Waals surface area contributed by atoms with E-state index in [1.807, 2.05) is 7.05 Å². The van der Waals surface area contributed by atoms with Crippen LogP contribution in [-0.2, 0) is 24.1 Å². The van der Waals surface area contributed by atoms with Gasteiger partial charge < -0.3 is 19.9 Å². The van der Waals surface area contributed by atoms with Crippen molar-refractivity contribution in [3.63, 3.8) is 0 Å². The van der Waals surface area contributed by atoms with Gasteiger partial charge in [-0.2, -0.15) is 0 Å². The summed E-state index contributed by atoms with van der Waals surface area (Å²) in [5, 5.41) is 11.2. The number of rotatable bonds is 10. The summed E-state index contributed by atoms with van der Waals surface area (Å²) < 4.78 is 11.1. The zero-order valence-electron chi connectivity index (χ0n) is 17.4. The molecule has 0 atom stereocenters. The van der Waals surface area contributed by atoms with E-state index in [0.29, 0.717) is 12.0 Å². The van der Waals surface area contributed by atoms with Crippen LogP contribution >= 0.6 is 24.0 Å². The van der Waals surface area contributed by atoms with Gasteiger partial charge in [-0.05, 0) is 38.0 Å². The zero-order valence-corrected chi connectivity index (χ0v) is 19.7. The van der Waals surface area contributed by atoms with Crippen LogP contribution in [0.5, 0.6) is 0 Å². The van der Waals surface area contributed by atoms with Crippen LogP contribution < -0.4 is 10.6 Å². The second kappa shape index (κ2) is 12.6. The molecule has 2 N–H and O–H groups in total. The van der Waals surface area contributed by atoms with E-state index in [4.69, 9.17) is 9.26 Å². The molecule has 0 radical (unpaired) electrons. The molecular weight excluding hydrogens is 455 g/mol. The lowest BCUT2D eigenvalue weighted by atomic mass is 9.83. The van der Waals surface area contributed by atoms with Gasteiger partial charge in [0.05, 0.1) is 5.69 Å². The number of ether oxygens (including phenoxy) is 1. The lowest BCUT2D eigenvalue weighted by Gasteiger charge is -2.30. The van der Waals surface area contributed by atoms with Crippen molar-refractivity contribution >= 4 is 29.9 Å². The number of nitrogens with zero attached hydrogens (tertiary/aromatic N) is 2. The van der Waals surface area contributed by atoms with E-state index >= 15 is 0 Å². The molecule has 0 unspecified atom stereocenters. The summed E-state index contributed by atoms with van der Waals surface area (Å²) in [4.78, 5) is 4.40. The molecule has 1 fully saturated rings. The molecular formula is C20H37IN4O2. The molecule has 0 aromatic carbocycles. The van der Waals surface area contributed by atoms with Crippen molar-refractivity contribution in [2.45, 2.75) is 72.3 Å². The highest BCUT2D eigenvalue weighted by Gasteiger charge is 2.33. The van der Waals surface area contributed by atoms with E-state index in [-0.39, 0.29) is 24.0 Å². The first-order valence-electron chi connectivity index (χ1n) is 10.2. The Labute approximate surface area is 181 Å². The van der Waals surface area contributed by atoms with Crippen molar-refractivity contribution in [1.82, 2.24) is 15.8 Å². The van der Waals surface area contributed by atoms with Gasteiger partial charge >= 0.3 is 0 Å². The van der Waals surface area contributed by atoms with E-state index in [1.165, 1.54) is 31.2 Å². The average molecular weight is 492 g/mol. The van der Waals surface area contributed by atoms with Crippen LogP contribution in [0.3, 0.4) is 0 Å². The standard InChI is InChI=1S/C20H36N4O2.HI/c1-5-17-16(18(6-2)26-24-17)14-22-19(21-4)23-15-20(10-8-9-11-20)12-13-25-7-3;/h5-15H2,1-4H3,(H2,21,22,23);1H. The maximum atomic E-state index is 5.61. The fourth-order valence-electron chi connectivity index (χ4n) is 3.87. The molecule has 0 amide bonds. The summed E-state index contributed by atoms with van der Waals surface area (Å²) in [5.41, 5.74) is 2.55. The summed E-state index contributed by atoms with van der Waals surface area (Å²) in [7, 11) is 1.83. The molecule has 156 valence electrons. The summed E-state index contributed by atoms with van der Waals surface area (Å²) in [6.45, 7) is 9.56. The fraction of sp³-hybridized carbons (Fsp3) is 0.800. The largest absolute Gasteiger partial charge is 0.382 e. The SMILES string of the molecule is CCOCCC1(CNC(=NC)NCc2c(CC)noc2CC)CCCC1.I. The van der Waals surface area contributed by atoms with Crippen molar-refractivity contribution < 1.29 is 9.26 Å². The second-order valence-electron chi connectivity index (χ2n) is 7.17. The first-order valence-corrected chi connectivity index (χ1v) is 10.2. The maximum absolute atomic E-state index is 5.61. The van der Waals surface area contributed by atoms with Gasteiger partial charge in [0, 0.05) is 45.3 Å². The van der Waals surface area contributed by atoms with Crippen LogP contribution in [0.1, 0.15) is 69.9 Å². The topological polar surface area (TPSA) is 71.7 Å². The molecule has 1 aromatic heterocycles. The first-order chi connectivity index (χ1) is 12.7. The normalized spacial score (nSPS) is 16.2. The highest BCUT2D eigenvalue weighted by molar-refractivity contribution is 14.0. The first kappa shape index (κ1) is 24.2. The molecule has 1 aromatic rings. The fourth-order valence-corrected chi connectivity index (χ4v) is 3.87. The van der Waals surface area contributed by atoms with Crippen molar-refractivity contribution in [3.8, 4) is 0 Å². The number of halogens is 1. The molecule has 0 saturated heterocycles. The summed E-state index contributed by atoms with van der Waals surface area (Å²) >= 11 is 0. The maximum Gasteiger partial charge on any atom is 0.191 e. The summed E-state index contributed by atoms with van der Waals surface area (Å²) in [6.07, 6.45) is 8.05. The number of hydrogen-bond acceptors (Lipinski definition) is 4. The van der Waals surface area contributed by atoms with Crippen LogP contribution in [0.2, 0.25) is 0 Å². The van der Waals surface area contributed by atoms with Crippen LogP contribution in [0.4, 0.5) is 0 Å². The molecule has 1 heterocycles. The number of aryl methyl sites for hydroxylation is 2. The van der Waals surface area contributed by atoms with Crippen LogP contribution in [0.15, 0.2) is 9.52 Å². The number of aromatic nitrogens is 1. The van der Waals surface area contributed by atoms with Crippen molar-refractivity contribution in [2.75, 3.05) is 26.8 Å². The number of nitrogens with one attached hydrogen (secondary N) is 2. The van der Waals surface area contributed by atoms with Gasteiger partial charge in [-0.25, -0.2) is 0 Å². The minimum atomic E-state index is 0. The van der Waals surface area contributed by atoms with Gasteiger partial charge in [0.15, 0.2) is 5.96 Å². The van der Waals surface area contributed by atoms with E-state index in [1.54, 1.807) is 0 Å². The van der Waals surface area contributed by atoms with Gasteiger partial charge in [-0.15, -0.1) is 24.0 Å². The third-order valence-corrected chi connectivity index (χ3v) is 5.54. The molecule has 6 nitrogen and oxygen atoms in total. The van der Waals surface area contributed by atoms with Gasteiger partial charge in [0.25, 0.3) is 0 Å². The van der Waals surface area contributed by atoms with Crippen molar-refractivity contribution in [1.29, 1.82) is 0 Å². The molecule has 0 bridgehead atoms. The summed E-state index contributed by atoms with van der Waals surface area (Å²) in [5.74, 6) is 1.81. The van der Waals surface area contributed by atoms with E-state index in [9.17, 15) is 0 Å². The lowest BCUT2D eigenvalue weighted by Crippen LogP contribution is -2.43. The molecule has 7 heteroatoms. The Morgan fingerprint density at radius 1 is 1.19 bits per heavy atom. The van der Waals surface area contributed by atoms with Crippen LogP contribution in [0, 0.1) is 5.41 Å². The Bertz CT molecular complexity index is 547. The highest BCUT2D eigenvalue weighted by Crippen LogP contribution is 2.40. The van der Waals surface area contributed by atoms with E-state index in [0.717, 1.165) is 56.4 Å². The average Bonchev–Trinajstić information content (AvgIpc) is 3.29. The number of aliphatic imine (C=N–C) groups is 1. The molecule has 1 aliphatic rings. The minimum Gasteiger partial charge on any atom is -0.382 e. The van der Waals surface area contributed by atoms with Gasteiger partial charge in [0.2, 0.25) is 0 Å². The van der Waals surface area contributed by atoms with Gasteiger partial charge in [0.1, 0.15) is 5.76 Å². The highest BCUT2D eigenvalue weighted by atomic mass is 127. The Balaban J connectivity index is 0.00000364. The monoisotopic (exact) mass is 492 g/mol. The third-order valence-electron chi connectivity index (χ3n) is 5.54. The Hall–Kier alpha value is -0.830. The predicted molar refractivity (Wildman–Crippen MR) is 121 cm³/mol. The van der Waals surface area contributed by atoms with Gasteiger partial charge in [-0.1, -0.05) is 31.8 Å². The number of guanidine groups is 1. The predicted octanol–water partition coefficient (Wildman–Crippen LogP) is 4.07. The second-order valence-corrected chi connectivity index (χ2v) is 7.17. The smallest absolute Gasteiger partial charge is 0.191 e. The van der Waals surface area contributed by atoms with Crippen molar-refractivity contribution in [3.05, 3.63) is 17.0 Å². The zero-order chi connectivity index (χ0) is 18.8.